The van der Waals surface area contributed by atoms with Crippen LogP contribution < -0.4 is 10.1 Å². The van der Waals surface area contributed by atoms with Gasteiger partial charge in [-0.3, -0.25) is 0 Å². The summed E-state index contributed by atoms with van der Waals surface area (Å²) in [4.78, 5) is 0. The summed E-state index contributed by atoms with van der Waals surface area (Å²) < 4.78 is 5.72. The van der Waals surface area contributed by atoms with E-state index >= 15 is 0 Å². The van der Waals surface area contributed by atoms with E-state index in [0.29, 0.717) is 12.0 Å². The summed E-state index contributed by atoms with van der Waals surface area (Å²) in [5.41, 5.74) is 4.30. The molecule has 110 valence electrons. The minimum Gasteiger partial charge on any atom is -0.491 e. The third-order valence-electron chi connectivity index (χ3n) is 4.22. The van der Waals surface area contributed by atoms with Gasteiger partial charge in [0.1, 0.15) is 5.75 Å². The first kappa shape index (κ1) is 14.2. The number of fused-ring (bicyclic) bond motifs is 1. The molecule has 1 aliphatic rings. The summed E-state index contributed by atoms with van der Waals surface area (Å²) in [6, 6.07) is 17.6. The SMILES string of the molecule is CNC(c1ccc(OC(C)C)cc1)C1Cc2ccccc21. The third kappa shape index (κ3) is 2.81. The Labute approximate surface area is 127 Å². The smallest absolute Gasteiger partial charge is 0.119 e. The molecule has 2 aromatic carbocycles. The van der Waals surface area contributed by atoms with Gasteiger partial charge in [0, 0.05) is 12.0 Å². The second kappa shape index (κ2) is 5.90. The zero-order valence-corrected chi connectivity index (χ0v) is 13.0. The summed E-state index contributed by atoms with van der Waals surface area (Å²) >= 11 is 0. The molecule has 0 spiro atoms. The van der Waals surface area contributed by atoms with Crippen molar-refractivity contribution in [2.75, 3.05) is 7.05 Å². The molecule has 0 saturated carbocycles. The molecular weight excluding hydrogens is 258 g/mol. The molecule has 3 rings (SSSR count). The van der Waals surface area contributed by atoms with Crippen molar-refractivity contribution in [2.24, 2.45) is 0 Å². The van der Waals surface area contributed by atoms with Crippen LogP contribution in [-0.2, 0) is 6.42 Å². The molecule has 0 bridgehead atoms. The lowest BCUT2D eigenvalue weighted by Gasteiger charge is -2.36. The Balaban J connectivity index is 1.78. The largest absolute Gasteiger partial charge is 0.491 e. The van der Waals surface area contributed by atoms with E-state index < -0.39 is 0 Å². The van der Waals surface area contributed by atoms with Crippen LogP contribution in [0.1, 0.15) is 42.5 Å². The van der Waals surface area contributed by atoms with Gasteiger partial charge in [0.25, 0.3) is 0 Å². The van der Waals surface area contributed by atoms with Crippen molar-refractivity contribution in [3.05, 3.63) is 65.2 Å². The Morgan fingerprint density at radius 2 is 1.76 bits per heavy atom. The first-order chi connectivity index (χ1) is 10.2. The quantitative estimate of drug-likeness (QED) is 0.892. The van der Waals surface area contributed by atoms with E-state index in [2.05, 4.69) is 67.7 Å². The number of hydrogen-bond acceptors (Lipinski definition) is 2. The maximum atomic E-state index is 5.72. The minimum absolute atomic E-state index is 0.217. The molecule has 0 saturated heterocycles. The van der Waals surface area contributed by atoms with E-state index in [-0.39, 0.29) is 6.10 Å². The molecule has 0 aliphatic heterocycles. The van der Waals surface area contributed by atoms with E-state index in [1.54, 1.807) is 0 Å². The van der Waals surface area contributed by atoms with Gasteiger partial charge in [-0.1, -0.05) is 36.4 Å². The standard InChI is InChI=1S/C19H23NO/c1-13(2)21-16-10-8-14(9-11-16)19(20-3)18-12-15-6-4-5-7-17(15)18/h4-11,13,18-20H,12H2,1-3H3. The summed E-state index contributed by atoms with van der Waals surface area (Å²) in [6.45, 7) is 4.10. The summed E-state index contributed by atoms with van der Waals surface area (Å²) in [7, 11) is 2.05. The van der Waals surface area contributed by atoms with E-state index in [0.717, 1.165) is 12.2 Å². The Morgan fingerprint density at radius 3 is 2.38 bits per heavy atom. The zero-order valence-electron chi connectivity index (χ0n) is 13.0. The van der Waals surface area contributed by atoms with Crippen molar-refractivity contribution in [1.82, 2.24) is 5.32 Å². The molecule has 0 amide bonds. The molecule has 2 unspecified atom stereocenters. The van der Waals surface area contributed by atoms with Crippen molar-refractivity contribution >= 4 is 0 Å². The lowest BCUT2D eigenvalue weighted by Crippen LogP contribution is -2.31. The summed E-state index contributed by atoms with van der Waals surface area (Å²) in [5, 5.41) is 3.48. The molecule has 2 aromatic rings. The van der Waals surface area contributed by atoms with Crippen LogP contribution in [0.5, 0.6) is 5.75 Å². The van der Waals surface area contributed by atoms with E-state index in [4.69, 9.17) is 4.74 Å². The second-order valence-electron chi connectivity index (χ2n) is 6.01. The minimum atomic E-state index is 0.217. The van der Waals surface area contributed by atoms with Gasteiger partial charge in [0.2, 0.25) is 0 Å². The normalized spacial score (nSPS) is 18.0. The number of benzene rings is 2. The fraction of sp³-hybridized carbons (Fsp3) is 0.368. The van der Waals surface area contributed by atoms with Gasteiger partial charge in [0.15, 0.2) is 0 Å². The van der Waals surface area contributed by atoms with Crippen LogP contribution in [0.3, 0.4) is 0 Å². The number of hydrogen-bond donors (Lipinski definition) is 1. The van der Waals surface area contributed by atoms with Gasteiger partial charge >= 0.3 is 0 Å². The number of ether oxygens (including phenoxy) is 1. The maximum absolute atomic E-state index is 5.72. The van der Waals surface area contributed by atoms with Gasteiger partial charge in [-0.15, -0.1) is 0 Å². The van der Waals surface area contributed by atoms with Crippen LogP contribution in [0.2, 0.25) is 0 Å². The molecule has 0 fully saturated rings. The molecule has 0 heterocycles. The molecule has 2 atom stereocenters. The highest BCUT2D eigenvalue weighted by Gasteiger charge is 2.32. The van der Waals surface area contributed by atoms with Crippen molar-refractivity contribution in [3.63, 3.8) is 0 Å². The van der Waals surface area contributed by atoms with Crippen LogP contribution in [0.25, 0.3) is 0 Å². The average molecular weight is 281 g/mol. The third-order valence-corrected chi connectivity index (χ3v) is 4.22. The zero-order chi connectivity index (χ0) is 14.8. The molecule has 1 aliphatic carbocycles. The van der Waals surface area contributed by atoms with Crippen LogP contribution in [0.4, 0.5) is 0 Å². The van der Waals surface area contributed by atoms with E-state index in [9.17, 15) is 0 Å². The highest BCUT2D eigenvalue weighted by atomic mass is 16.5. The Kier molecular flexibility index (Phi) is 3.98. The Bertz CT molecular complexity index is 603. The Morgan fingerprint density at radius 1 is 1.05 bits per heavy atom. The number of nitrogens with one attached hydrogen (secondary N) is 1. The summed E-state index contributed by atoms with van der Waals surface area (Å²) in [6.07, 6.45) is 1.38. The lowest BCUT2D eigenvalue weighted by molar-refractivity contribution is 0.242. The van der Waals surface area contributed by atoms with Crippen molar-refractivity contribution in [2.45, 2.75) is 38.3 Å². The van der Waals surface area contributed by atoms with Crippen LogP contribution in [-0.4, -0.2) is 13.2 Å². The lowest BCUT2D eigenvalue weighted by atomic mass is 9.72. The highest BCUT2D eigenvalue weighted by molar-refractivity contribution is 5.43. The molecule has 1 N–H and O–H groups in total. The topological polar surface area (TPSA) is 21.3 Å². The molecule has 0 aromatic heterocycles. The molecule has 0 radical (unpaired) electrons. The number of rotatable bonds is 5. The fourth-order valence-corrected chi connectivity index (χ4v) is 3.22. The first-order valence-electron chi connectivity index (χ1n) is 7.70. The molecular formula is C19H23NO. The van der Waals surface area contributed by atoms with Gasteiger partial charge in [0.05, 0.1) is 6.10 Å². The van der Waals surface area contributed by atoms with Crippen LogP contribution >= 0.6 is 0 Å². The van der Waals surface area contributed by atoms with Crippen molar-refractivity contribution in [1.29, 1.82) is 0 Å². The fourth-order valence-electron chi connectivity index (χ4n) is 3.22. The van der Waals surface area contributed by atoms with Crippen LogP contribution in [0.15, 0.2) is 48.5 Å². The van der Waals surface area contributed by atoms with Crippen LogP contribution in [0, 0.1) is 0 Å². The van der Waals surface area contributed by atoms with Crippen molar-refractivity contribution in [3.8, 4) is 5.75 Å². The molecule has 2 heteroatoms. The first-order valence-corrected chi connectivity index (χ1v) is 7.70. The van der Waals surface area contributed by atoms with E-state index in [1.165, 1.54) is 16.7 Å². The van der Waals surface area contributed by atoms with Gasteiger partial charge in [-0.2, -0.15) is 0 Å². The average Bonchev–Trinajstić information content (AvgIpc) is 2.45. The monoisotopic (exact) mass is 281 g/mol. The Hall–Kier alpha value is -1.80. The highest BCUT2D eigenvalue weighted by Crippen LogP contribution is 2.43. The molecule has 2 nitrogen and oxygen atoms in total. The predicted octanol–water partition coefficient (Wildman–Crippen LogP) is 4.07. The maximum Gasteiger partial charge on any atom is 0.119 e. The van der Waals surface area contributed by atoms with E-state index in [1.807, 2.05) is 7.05 Å². The molecule has 21 heavy (non-hydrogen) atoms. The van der Waals surface area contributed by atoms with Crippen molar-refractivity contribution < 1.29 is 4.74 Å². The van der Waals surface area contributed by atoms with Gasteiger partial charge < -0.3 is 10.1 Å². The van der Waals surface area contributed by atoms with Gasteiger partial charge in [-0.05, 0) is 56.1 Å². The number of likely N-dealkylation sites (N-methyl/N-ethyl adjacent to an activating group) is 1. The summed E-state index contributed by atoms with van der Waals surface area (Å²) in [5.74, 6) is 1.51. The van der Waals surface area contributed by atoms with Gasteiger partial charge in [-0.25, -0.2) is 0 Å². The predicted molar refractivity (Wildman–Crippen MR) is 86.9 cm³/mol. The second-order valence-corrected chi connectivity index (χ2v) is 6.01.